The molecule has 0 fully saturated rings. The fourth-order valence-corrected chi connectivity index (χ4v) is 3.63. The monoisotopic (exact) mass is 386 g/mol. The van der Waals surface area contributed by atoms with Crippen molar-refractivity contribution in [2.75, 3.05) is 11.9 Å². The van der Waals surface area contributed by atoms with Gasteiger partial charge in [-0.2, -0.15) is 5.10 Å². The van der Waals surface area contributed by atoms with Gasteiger partial charge in [0, 0.05) is 29.8 Å². The largest absolute Gasteiger partial charge is 0.323 e. The van der Waals surface area contributed by atoms with Crippen LogP contribution in [0.2, 0.25) is 0 Å². The molecule has 1 N–H and O–H groups in total. The number of hydrogen-bond acceptors (Lipinski definition) is 3. The van der Waals surface area contributed by atoms with Crippen molar-refractivity contribution in [3.8, 4) is 5.69 Å². The van der Waals surface area contributed by atoms with Crippen LogP contribution in [0, 0.1) is 13.8 Å². The molecule has 0 saturated carbocycles. The molecule has 6 heteroatoms. The number of carbonyl (C=O) groups is 2. The molecular weight excluding hydrogens is 364 g/mol. The molecule has 0 aliphatic carbocycles. The molecule has 2 heterocycles. The van der Waals surface area contributed by atoms with Crippen LogP contribution in [-0.2, 0) is 4.79 Å². The molecule has 0 atom stereocenters. The van der Waals surface area contributed by atoms with Gasteiger partial charge in [0.15, 0.2) is 0 Å². The topological polar surface area (TPSA) is 67.2 Å². The highest BCUT2D eigenvalue weighted by molar-refractivity contribution is 6.09. The average Bonchev–Trinajstić information content (AvgIpc) is 3.15. The molecule has 146 valence electrons. The highest BCUT2D eigenvalue weighted by Gasteiger charge is 2.30. The number of aryl methyl sites for hydroxylation is 1. The molecule has 3 aromatic rings. The van der Waals surface area contributed by atoms with Crippen molar-refractivity contribution in [3.63, 3.8) is 0 Å². The first-order valence-electron chi connectivity index (χ1n) is 9.49. The standard InChI is InChI=1S/C23H22N4O2/c1-15-22(17(3)27(25-15)18-9-5-4-6-10-18)24-21(28)13-14-26-16(2)19-11-7-8-12-20(19)23(26)29/h4-12H,2,13-14H2,1,3H3,(H,24,28). The minimum Gasteiger partial charge on any atom is -0.323 e. The van der Waals surface area contributed by atoms with Gasteiger partial charge in [0.25, 0.3) is 5.91 Å². The molecule has 0 unspecified atom stereocenters. The van der Waals surface area contributed by atoms with Crippen molar-refractivity contribution in [3.05, 3.63) is 83.7 Å². The number of rotatable bonds is 5. The third-order valence-electron chi connectivity index (χ3n) is 5.16. The number of carbonyl (C=O) groups excluding carboxylic acids is 2. The minimum atomic E-state index is -0.166. The quantitative estimate of drug-likeness (QED) is 0.722. The van der Waals surface area contributed by atoms with E-state index in [-0.39, 0.29) is 24.8 Å². The van der Waals surface area contributed by atoms with E-state index < -0.39 is 0 Å². The molecule has 0 spiro atoms. The first-order valence-corrected chi connectivity index (χ1v) is 9.49. The van der Waals surface area contributed by atoms with Crippen LogP contribution in [0.5, 0.6) is 0 Å². The van der Waals surface area contributed by atoms with Crippen LogP contribution in [0.25, 0.3) is 11.4 Å². The van der Waals surface area contributed by atoms with Crippen LogP contribution >= 0.6 is 0 Å². The molecule has 0 bridgehead atoms. The summed E-state index contributed by atoms with van der Waals surface area (Å²) in [6, 6.07) is 17.1. The maximum Gasteiger partial charge on any atom is 0.258 e. The van der Waals surface area contributed by atoms with Crippen LogP contribution in [0.15, 0.2) is 61.2 Å². The third-order valence-corrected chi connectivity index (χ3v) is 5.16. The summed E-state index contributed by atoms with van der Waals surface area (Å²) >= 11 is 0. The normalized spacial score (nSPS) is 13.0. The van der Waals surface area contributed by atoms with Crippen molar-refractivity contribution in [2.24, 2.45) is 0 Å². The second-order valence-electron chi connectivity index (χ2n) is 7.04. The van der Waals surface area contributed by atoms with E-state index in [4.69, 9.17) is 0 Å². The lowest BCUT2D eigenvalue weighted by molar-refractivity contribution is -0.116. The lowest BCUT2D eigenvalue weighted by Gasteiger charge is -2.17. The summed E-state index contributed by atoms with van der Waals surface area (Å²) in [5.74, 6) is -0.275. The van der Waals surface area contributed by atoms with E-state index in [1.165, 1.54) is 0 Å². The molecule has 0 saturated heterocycles. The number of nitrogens with zero attached hydrogens (tertiary/aromatic N) is 3. The summed E-state index contributed by atoms with van der Waals surface area (Å²) in [7, 11) is 0. The highest BCUT2D eigenvalue weighted by Crippen LogP contribution is 2.31. The second-order valence-corrected chi connectivity index (χ2v) is 7.04. The Morgan fingerprint density at radius 3 is 2.38 bits per heavy atom. The fraction of sp³-hybridized carbons (Fsp3) is 0.174. The Bertz CT molecular complexity index is 1080. The van der Waals surface area contributed by atoms with E-state index in [2.05, 4.69) is 17.0 Å². The molecule has 4 rings (SSSR count). The number of anilines is 1. The van der Waals surface area contributed by atoms with Crippen LogP contribution in [0.3, 0.4) is 0 Å². The Hall–Kier alpha value is -3.67. The van der Waals surface area contributed by atoms with Crippen molar-refractivity contribution < 1.29 is 9.59 Å². The fourth-order valence-electron chi connectivity index (χ4n) is 3.63. The number of nitrogens with one attached hydrogen (secondary N) is 1. The summed E-state index contributed by atoms with van der Waals surface area (Å²) in [6.07, 6.45) is 0.175. The van der Waals surface area contributed by atoms with E-state index in [0.29, 0.717) is 16.9 Å². The van der Waals surface area contributed by atoms with Crippen LogP contribution in [-0.4, -0.2) is 33.0 Å². The van der Waals surface area contributed by atoms with Crippen molar-refractivity contribution >= 4 is 23.2 Å². The summed E-state index contributed by atoms with van der Waals surface area (Å²) < 4.78 is 1.81. The lowest BCUT2D eigenvalue weighted by atomic mass is 10.1. The van der Waals surface area contributed by atoms with Gasteiger partial charge in [0.1, 0.15) is 0 Å². The average molecular weight is 386 g/mol. The van der Waals surface area contributed by atoms with Crippen LogP contribution < -0.4 is 5.32 Å². The van der Waals surface area contributed by atoms with E-state index >= 15 is 0 Å². The van der Waals surface area contributed by atoms with Crippen molar-refractivity contribution in [1.29, 1.82) is 0 Å². The van der Waals surface area contributed by atoms with Gasteiger partial charge in [-0.25, -0.2) is 4.68 Å². The number of fused-ring (bicyclic) bond motifs is 1. The first kappa shape index (κ1) is 18.7. The molecule has 1 aromatic heterocycles. The predicted molar refractivity (Wildman–Crippen MR) is 113 cm³/mol. The van der Waals surface area contributed by atoms with Crippen molar-refractivity contribution in [1.82, 2.24) is 14.7 Å². The van der Waals surface area contributed by atoms with E-state index in [1.807, 2.05) is 67.1 Å². The molecular formula is C23H22N4O2. The number of benzene rings is 2. The zero-order chi connectivity index (χ0) is 20.5. The van der Waals surface area contributed by atoms with Gasteiger partial charge in [-0.05, 0) is 32.0 Å². The van der Waals surface area contributed by atoms with Gasteiger partial charge in [0.2, 0.25) is 5.91 Å². The van der Waals surface area contributed by atoms with Gasteiger partial charge < -0.3 is 10.2 Å². The minimum absolute atomic E-state index is 0.109. The summed E-state index contributed by atoms with van der Waals surface area (Å²) in [5, 5.41) is 7.50. The predicted octanol–water partition coefficient (Wildman–Crippen LogP) is 3.94. The van der Waals surface area contributed by atoms with Crippen LogP contribution in [0.1, 0.15) is 33.7 Å². The third kappa shape index (κ3) is 3.33. The Labute approximate surface area is 169 Å². The van der Waals surface area contributed by atoms with Gasteiger partial charge in [-0.3, -0.25) is 9.59 Å². The Balaban J connectivity index is 1.44. The SMILES string of the molecule is C=C1c2ccccc2C(=O)N1CCC(=O)Nc1c(C)nn(-c2ccccc2)c1C. The van der Waals surface area contributed by atoms with Gasteiger partial charge in [0.05, 0.1) is 22.8 Å². The second kappa shape index (κ2) is 7.39. The smallest absolute Gasteiger partial charge is 0.258 e. The number of hydrogen-bond donors (Lipinski definition) is 1. The Kier molecular flexibility index (Phi) is 4.76. The molecule has 1 aliphatic rings. The maximum atomic E-state index is 12.6. The van der Waals surface area contributed by atoms with Gasteiger partial charge in [-0.1, -0.05) is 43.0 Å². The molecule has 1 aliphatic heterocycles. The zero-order valence-electron chi connectivity index (χ0n) is 16.5. The summed E-state index contributed by atoms with van der Waals surface area (Å²) in [4.78, 5) is 26.7. The molecule has 2 aromatic carbocycles. The lowest BCUT2D eigenvalue weighted by Crippen LogP contribution is -2.27. The number of amides is 2. The molecule has 29 heavy (non-hydrogen) atoms. The van der Waals surface area contributed by atoms with Crippen LogP contribution in [0.4, 0.5) is 5.69 Å². The van der Waals surface area contributed by atoms with Gasteiger partial charge >= 0.3 is 0 Å². The van der Waals surface area contributed by atoms with Crippen molar-refractivity contribution in [2.45, 2.75) is 20.3 Å². The number of para-hydroxylation sites is 1. The highest BCUT2D eigenvalue weighted by atomic mass is 16.2. The Morgan fingerprint density at radius 1 is 1.03 bits per heavy atom. The number of aromatic nitrogens is 2. The van der Waals surface area contributed by atoms with E-state index in [9.17, 15) is 9.59 Å². The zero-order valence-corrected chi connectivity index (χ0v) is 16.5. The molecule has 2 amide bonds. The first-order chi connectivity index (χ1) is 14.0. The summed E-state index contributed by atoms with van der Waals surface area (Å²) in [5.41, 5.74) is 5.34. The molecule has 0 radical (unpaired) electrons. The van der Waals surface area contributed by atoms with Gasteiger partial charge in [-0.15, -0.1) is 0 Å². The Morgan fingerprint density at radius 2 is 1.69 bits per heavy atom. The van der Waals surface area contributed by atoms with E-state index in [1.54, 1.807) is 11.0 Å². The summed E-state index contributed by atoms with van der Waals surface area (Å²) in [6.45, 7) is 8.08. The molecule has 6 nitrogen and oxygen atoms in total. The van der Waals surface area contributed by atoms with E-state index in [0.717, 1.165) is 22.6 Å². The maximum absolute atomic E-state index is 12.6.